The van der Waals surface area contributed by atoms with Crippen LogP contribution in [-0.4, -0.2) is 46.9 Å². The van der Waals surface area contributed by atoms with Crippen LogP contribution < -0.4 is 15.5 Å². The van der Waals surface area contributed by atoms with E-state index >= 15 is 0 Å². The second kappa shape index (κ2) is 9.39. The molecular formula is C24H31N5O2. The number of benzene rings is 2. The van der Waals surface area contributed by atoms with E-state index in [-0.39, 0.29) is 11.5 Å². The van der Waals surface area contributed by atoms with Gasteiger partial charge in [-0.25, -0.2) is 4.98 Å². The first kappa shape index (κ1) is 21.2. The Morgan fingerprint density at radius 1 is 1.00 bits per heavy atom. The Labute approximate surface area is 183 Å². The molecule has 31 heavy (non-hydrogen) atoms. The summed E-state index contributed by atoms with van der Waals surface area (Å²) in [6.07, 6.45) is 4.42. The fourth-order valence-corrected chi connectivity index (χ4v) is 4.28. The van der Waals surface area contributed by atoms with Crippen LogP contribution in [-0.2, 0) is 6.54 Å². The number of aromatic nitrogens is 2. The van der Waals surface area contributed by atoms with Gasteiger partial charge in [0.1, 0.15) is 17.3 Å². The van der Waals surface area contributed by atoms with E-state index in [4.69, 9.17) is 9.97 Å². The number of rotatable bonds is 7. The van der Waals surface area contributed by atoms with Gasteiger partial charge < -0.3 is 25.7 Å². The number of phenols is 2. The minimum atomic E-state index is 0.175. The normalized spacial score (nSPS) is 18.8. The number of anilines is 2. The van der Waals surface area contributed by atoms with E-state index in [1.165, 1.54) is 12.1 Å². The predicted octanol–water partition coefficient (Wildman–Crippen LogP) is 3.87. The summed E-state index contributed by atoms with van der Waals surface area (Å²) in [6.45, 7) is 1.45. The van der Waals surface area contributed by atoms with Gasteiger partial charge in [-0.3, -0.25) is 0 Å². The lowest BCUT2D eigenvalue weighted by atomic mass is 9.86. The van der Waals surface area contributed by atoms with E-state index in [0.717, 1.165) is 54.5 Å². The number of nitrogens with zero attached hydrogens (tertiary/aromatic N) is 3. The Bertz CT molecular complexity index is 1030. The van der Waals surface area contributed by atoms with Crippen molar-refractivity contribution in [2.45, 2.75) is 38.3 Å². The molecule has 3 aromatic rings. The van der Waals surface area contributed by atoms with Crippen molar-refractivity contribution in [1.29, 1.82) is 0 Å². The summed E-state index contributed by atoms with van der Waals surface area (Å²) in [5, 5.41) is 27.5. The van der Waals surface area contributed by atoms with E-state index in [1.807, 2.05) is 37.2 Å². The number of aromatic hydroxyl groups is 2. The molecule has 0 aliphatic heterocycles. The molecule has 7 heteroatoms. The number of fused-ring (bicyclic) bond motifs is 1. The molecule has 2 aromatic carbocycles. The zero-order valence-electron chi connectivity index (χ0n) is 18.2. The molecule has 0 saturated heterocycles. The van der Waals surface area contributed by atoms with Gasteiger partial charge in [0.25, 0.3) is 0 Å². The van der Waals surface area contributed by atoms with Crippen LogP contribution in [0.1, 0.15) is 31.2 Å². The van der Waals surface area contributed by atoms with Gasteiger partial charge in [0.15, 0.2) is 0 Å². The van der Waals surface area contributed by atoms with Gasteiger partial charge in [-0.2, -0.15) is 4.98 Å². The lowest BCUT2D eigenvalue weighted by Gasteiger charge is -2.29. The average Bonchev–Trinajstić information content (AvgIpc) is 2.76. The van der Waals surface area contributed by atoms with Crippen molar-refractivity contribution < 1.29 is 10.2 Å². The quantitative estimate of drug-likeness (QED) is 0.430. The van der Waals surface area contributed by atoms with Crippen molar-refractivity contribution >= 4 is 22.7 Å². The third-order valence-electron chi connectivity index (χ3n) is 6.00. The monoisotopic (exact) mass is 421 g/mol. The number of hydrogen-bond acceptors (Lipinski definition) is 7. The maximum Gasteiger partial charge on any atom is 0.225 e. The predicted molar refractivity (Wildman–Crippen MR) is 125 cm³/mol. The van der Waals surface area contributed by atoms with Crippen LogP contribution in [0.5, 0.6) is 11.5 Å². The lowest BCUT2D eigenvalue weighted by Crippen LogP contribution is -2.31. The Kier molecular flexibility index (Phi) is 6.42. The first-order chi connectivity index (χ1) is 15.0. The summed E-state index contributed by atoms with van der Waals surface area (Å²) in [6, 6.07) is 13.1. The average molecular weight is 422 g/mol. The molecule has 164 valence electrons. The Hall–Kier alpha value is -3.06. The first-order valence-corrected chi connectivity index (χ1v) is 10.9. The number of para-hydroxylation sites is 1. The summed E-state index contributed by atoms with van der Waals surface area (Å²) in [5.74, 6) is 2.62. The van der Waals surface area contributed by atoms with Gasteiger partial charge in [0.2, 0.25) is 5.95 Å². The maximum absolute atomic E-state index is 9.89. The van der Waals surface area contributed by atoms with E-state index in [9.17, 15) is 10.2 Å². The summed E-state index contributed by atoms with van der Waals surface area (Å²) >= 11 is 0. The van der Waals surface area contributed by atoms with Crippen LogP contribution in [0.2, 0.25) is 0 Å². The molecule has 1 aliphatic carbocycles. The molecule has 0 radical (unpaired) electrons. The molecule has 1 saturated carbocycles. The largest absolute Gasteiger partial charge is 0.508 e. The highest BCUT2D eigenvalue weighted by molar-refractivity contribution is 5.90. The Morgan fingerprint density at radius 3 is 2.55 bits per heavy atom. The molecule has 0 amide bonds. The fraction of sp³-hybridized carbons (Fsp3) is 0.417. The molecule has 1 aliphatic rings. The molecule has 4 rings (SSSR count). The van der Waals surface area contributed by atoms with Gasteiger partial charge in [-0.1, -0.05) is 12.1 Å². The zero-order valence-corrected chi connectivity index (χ0v) is 18.2. The SMILES string of the molecule is CN(C)c1nc(N[C@H]2CC[C@@H](CNCc3cc(O)ccc3O)CC2)nc2ccccc12. The van der Waals surface area contributed by atoms with Crippen LogP contribution in [0.25, 0.3) is 10.9 Å². The second-order valence-electron chi connectivity index (χ2n) is 8.59. The molecule has 1 aromatic heterocycles. The fourth-order valence-electron chi connectivity index (χ4n) is 4.28. The van der Waals surface area contributed by atoms with Crippen LogP contribution in [0, 0.1) is 5.92 Å². The first-order valence-electron chi connectivity index (χ1n) is 10.9. The van der Waals surface area contributed by atoms with Crippen molar-refractivity contribution in [2.75, 3.05) is 30.9 Å². The van der Waals surface area contributed by atoms with Crippen molar-refractivity contribution in [3.63, 3.8) is 0 Å². The minimum Gasteiger partial charge on any atom is -0.508 e. The van der Waals surface area contributed by atoms with Crippen molar-refractivity contribution in [2.24, 2.45) is 5.92 Å². The molecule has 0 atom stereocenters. The summed E-state index contributed by atoms with van der Waals surface area (Å²) in [5.41, 5.74) is 1.68. The van der Waals surface area contributed by atoms with E-state index in [0.29, 0.717) is 24.5 Å². The topological polar surface area (TPSA) is 93.5 Å². The van der Waals surface area contributed by atoms with Crippen LogP contribution in [0.3, 0.4) is 0 Å². The van der Waals surface area contributed by atoms with Gasteiger partial charge >= 0.3 is 0 Å². The van der Waals surface area contributed by atoms with E-state index < -0.39 is 0 Å². The molecular weight excluding hydrogens is 390 g/mol. The standard InChI is InChI=1S/C24H31N5O2/c1-29(2)23-20-5-3-4-6-21(20)27-24(28-23)26-18-9-7-16(8-10-18)14-25-15-17-13-19(30)11-12-22(17)31/h3-6,11-13,16,18,25,30-31H,7-10,14-15H2,1-2H3,(H,26,27,28)/t16-,18+. The number of hydrogen-bond donors (Lipinski definition) is 4. The van der Waals surface area contributed by atoms with Gasteiger partial charge in [0.05, 0.1) is 5.52 Å². The molecule has 1 heterocycles. The summed E-state index contributed by atoms with van der Waals surface area (Å²) in [7, 11) is 4.01. The zero-order chi connectivity index (χ0) is 21.8. The smallest absolute Gasteiger partial charge is 0.225 e. The molecule has 0 spiro atoms. The highest BCUT2D eigenvalue weighted by Gasteiger charge is 2.22. The third-order valence-corrected chi connectivity index (χ3v) is 6.00. The number of nitrogens with one attached hydrogen (secondary N) is 2. The van der Waals surface area contributed by atoms with Crippen molar-refractivity contribution in [1.82, 2.24) is 15.3 Å². The molecule has 4 N–H and O–H groups in total. The van der Waals surface area contributed by atoms with Crippen LogP contribution in [0.15, 0.2) is 42.5 Å². The van der Waals surface area contributed by atoms with Gasteiger partial charge in [-0.05, 0) is 68.5 Å². The van der Waals surface area contributed by atoms with Gasteiger partial charge in [-0.15, -0.1) is 0 Å². The van der Waals surface area contributed by atoms with E-state index in [1.54, 1.807) is 6.07 Å². The lowest BCUT2D eigenvalue weighted by molar-refractivity contribution is 0.323. The summed E-state index contributed by atoms with van der Waals surface area (Å²) in [4.78, 5) is 11.5. The Morgan fingerprint density at radius 2 is 1.77 bits per heavy atom. The third kappa shape index (κ3) is 5.17. The summed E-state index contributed by atoms with van der Waals surface area (Å²) < 4.78 is 0. The highest BCUT2D eigenvalue weighted by Crippen LogP contribution is 2.28. The molecule has 0 unspecified atom stereocenters. The van der Waals surface area contributed by atoms with Crippen LogP contribution in [0.4, 0.5) is 11.8 Å². The molecule has 7 nitrogen and oxygen atoms in total. The maximum atomic E-state index is 9.89. The van der Waals surface area contributed by atoms with Crippen LogP contribution >= 0.6 is 0 Å². The van der Waals surface area contributed by atoms with Crippen molar-refractivity contribution in [3.8, 4) is 11.5 Å². The van der Waals surface area contributed by atoms with Gasteiger partial charge in [0, 0.05) is 37.6 Å². The number of phenolic OH excluding ortho intramolecular Hbond substituents is 2. The second-order valence-corrected chi connectivity index (χ2v) is 8.59. The molecule has 0 bridgehead atoms. The minimum absolute atomic E-state index is 0.175. The highest BCUT2D eigenvalue weighted by atomic mass is 16.3. The molecule has 1 fully saturated rings. The van der Waals surface area contributed by atoms with E-state index in [2.05, 4.69) is 16.7 Å². The van der Waals surface area contributed by atoms with Crippen molar-refractivity contribution in [3.05, 3.63) is 48.0 Å². The Balaban J connectivity index is 1.30.